The highest BCUT2D eigenvalue weighted by Crippen LogP contribution is 2.25. The van der Waals surface area contributed by atoms with Gasteiger partial charge in [0.05, 0.1) is 10.6 Å². The second kappa shape index (κ2) is 11.9. The summed E-state index contributed by atoms with van der Waals surface area (Å²) in [5, 5.41) is 2.85. The number of hydrogen-bond acceptors (Lipinski definition) is 4. The minimum atomic E-state index is -4.05. The number of aryl methyl sites for hydroxylation is 1. The molecule has 0 saturated carbocycles. The zero-order valence-corrected chi connectivity index (χ0v) is 21.9. The van der Waals surface area contributed by atoms with Crippen molar-refractivity contribution in [2.45, 2.75) is 51.2 Å². The number of nitrogens with one attached hydrogen (secondary N) is 1. The number of rotatable bonds is 10. The maximum absolute atomic E-state index is 13.7. The van der Waals surface area contributed by atoms with Crippen molar-refractivity contribution in [3.8, 4) is 0 Å². The minimum Gasteiger partial charge on any atom is -0.352 e. The van der Waals surface area contributed by atoms with Gasteiger partial charge in [0.25, 0.3) is 10.0 Å². The van der Waals surface area contributed by atoms with Gasteiger partial charge in [-0.15, -0.1) is 0 Å². The summed E-state index contributed by atoms with van der Waals surface area (Å²) in [5.74, 6) is -0.785. The predicted molar refractivity (Wildman–Crippen MR) is 142 cm³/mol. The molecule has 3 aromatic rings. The van der Waals surface area contributed by atoms with E-state index in [1.807, 2.05) is 51.1 Å². The third kappa shape index (κ3) is 6.73. The Balaban J connectivity index is 2.00. The first kappa shape index (κ1) is 26.9. The molecule has 0 heterocycles. The summed E-state index contributed by atoms with van der Waals surface area (Å²) in [7, 11) is -4.05. The summed E-state index contributed by atoms with van der Waals surface area (Å²) >= 11 is 0. The molecule has 0 saturated heterocycles. The molecule has 1 atom stereocenters. The standard InChI is InChI=1S/C28H33N3O4S/c1-21(2)29-28(33)23(4)30(19-24-11-7-5-8-12-24)27(32)20-31(25-17-15-22(3)16-18-25)36(34,35)26-13-9-6-10-14-26/h5-18,21,23H,19-20H2,1-4H3,(H,29,33)/t23-/m0/s1. The molecule has 0 bridgehead atoms. The van der Waals surface area contributed by atoms with E-state index in [2.05, 4.69) is 5.32 Å². The van der Waals surface area contributed by atoms with Crippen molar-refractivity contribution in [2.24, 2.45) is 0 Å². The van der Waals surface area contributed by atoms with Crippen LogP contribution in [0.25, 0.3) is 0 Å². The van der Waals surface area contributed by atoms with E-state index in [4.69, 9.17) is 0 Å². The fourth-order valence-electron chi connectivity index (χ4n) is 3.73. The average molecular weight is 508 g/mol. The van der Waals surface area contributed by atoms with Gasteiger partial charge in [-0.3, -0.25) is 13.9 Å². The molecule has 0 spiro atoms. The lowest BCUT2D eigenvalue weighted by Crippen LogP contribution is -2.52. The van der Waals surface area contributed by atoms with Crippen LogP contribution in [0.5, 0.6) is 0 Å². The van der Waals surface area contributed by atoms with E-state index in [1.54, 1.807) is 49.4 Å². The number of benzene rings is 3. The van der Waals surface area contributed by atoms with Crippen molar-refractivity contribution in [1.29, 1.82) is 0 Å². The quantitative estimate of drug-likeness (QED) is 0.447. The van der Waals surface area contributed by atoms with Gasteiger partial charge in [-0.25, -0.2) is 8.42 Å². The molecule has 190 valence electrons. The number of carbonyl (C=O) groups is 2. The van der Waals surface area contributed by atoms with Crippen LogP contribution in [0.1, 0.15) is 31.9 Å². The molecule has 2 amide bonds. The molecule has 8 heteroatoms. The van der Waals surface area contributed by atoms with E-state index < -0.39 is 28.5 Å². The Morgan fingerprint density at radius 1 is 0.833 bits per heavy atom. The SMILES string of the molecule is Cc1ccc(N(CC(=O)N(Cc2ccccc2)[C@@H](C)C(=O)NC(C)C)S(=O)(=O)c2ccccc2)cc1. The Morgan fingerprint density at radius 3 is 1.94 bits per heavy atom. The number of hydrogen-bond donors (Lipinski definition) is 1. The summed E-state index contributed by atoms with van der Waals surface area (Å²) in [6.45, 7) is 6.97. The first-order chi connectivity index (χ1) is 17.1. The molecule has 0 aromatic heterocycles. The zero-order chi connectivity index (χ0) is 26.3. The van der Waals surface area contributed by atoms with Gasteiger partial charge in [0.2, 0.25) is 11.8 Å². The number of amides is 2. The average Bonchev–Trinajstić information content (AvgIpc) is 2.86. The lowest BCUT2D eigenvalue weighted by molar-refractivity contribution is -0.139. The van der Waals surface area contributed by atoms with Crippen LogP contribution in [0.15, 0.2) is 89.8 Å². The van der Waals surface area contributed by atoms with Crippen molar-refractivity contribution in [3.63, 3.8) is 0 Å². The lowest BCUT2D eigenvalue weighted by atomic mass is 10.1. The molecule has 0 radical (unpaired) electrons. The fraction of sp³-hybridized carbons (Fsp3) is 0.286. The maximum Gasteiger partial charge on any atom is 0.264 e. The summed E-state index contributed by atoms with van der Waals surface area (Å²) in [6.07, 6.45) is 0. The normalized spacial score (nSPS) is 12.1. The molecule has 0 aliphatic heterocycles. The smallest absolute Gasteiger partial charge is 0.264 e. The van der Waals surface area contributed by atoms with Gasteiger partial charge in [-0.1, -0.05) is 66.2 Å². The molecule has 3 rings (SSSR count). The van der Waals surface area contributed by atoms with Crippen LogP contribution in [0.3, 0.4) is 0 Å². The highest BCUT2D eigenvalue weighted by atomic mass is 32.2. The van der Waals surface area contributed by atoms with Gasteiger partial charge in [0.15, 0.2) is 0 Å². The third-order valence-electron chi connectivity index (χ3n) is 5.73. The van der Waals surface area contributed by atoms with Crippen molar-refractivity contribution in [2.75, 3.05) is 10.8 Å². The molecule has 0 aliphatic rings. The van der Waals surface area contributed by atoms with Crippen LogP contribution in [0.2, 0.25) is 0 Å². The van der Waals surface area contributed by atoms with E-state index in [1.165, 1.54) is 17.0 Å². The Hall–Kier alpha value is -3.65. The van der Waals surface area contributed by atoms with Crippen molar-refractivity contribution >= 4 is 27.5 Å². The van der Waals surface area contributed by atoms with Crippen LogP contribution in [0, 0.1) is 6.92 Å². The van der Waals surface area contributed by atoms with Crippen LogP contribution in [-0.2, 0) is 26.2 Å². The first-order valence-corrected chi connectivity index (χ1v) is 13.3. The monoisotopic (exact) mass is 507 g/mol. The third-order valence-corrected chi connectivity index (χ3v) is 7.51. The summed E-state index contributed by atoms with van der Waals surface area (Å²) in [4.78, 5) is 28.1. The van der Waals surface area contributed by atoms with Gasteiger partial charge in [-0.2, -0.15) is 0 Å². The van der Waals surface area contributed by atoms with E-state index >= 15 is 0 Å². The molecule has 7 nitrogen and oxygen atoms in total. The molecular formula is C28H33N3O4S. The van der Waals surface area contributed by atoms with Crippen LogP contribution in [-0.4, -0.2) is 43.8 Å². The number of anilines is 1. The molecule has 3 aromatic carbocycles. The summed E-state index contributed by atoms with van der Waals surface area (Å²) < 4.78 is 28.4. The van der Waals surface area contributed by atoms with Crippen molar-refractivity contribution in [1.82, 2.24) is 10.2 Å². The first-order valence-electron chi connectivity index (χ1n) is 11.9. The van der Waals surface area contributed by atoms with Gasteiger partial charge in [0, 0.05) is 12.6 Å². The predicted octanol–water partition coefficient (Wildman–Crippen LogP) is 4.13. The lowest BCUT2D eigenvalue weighted by Gasteiger charge is -2.32. The van der Waals surface area contributed by atoms with Crippen LogP contribution < -0.4 is 9.62 Å². The van der Waals surface area contributed by atoms with Crippen molar-refractivity contribution < 1.29 is 18.0 Å². The minimum absolute atomic E-state index is 0.0820. The highest BCUT2D eigenvalue weighted by molar-refractivity contribution is 7.92. The number of carbonyl (C=O) groups excluding carboxylic acids is 2. The summed E-state index contributed by atoms with van der Waals surface area (Å²) in [5.41, 5.74) is 2.17. The van der Waals surface area contributed by atoms with Gasteiger partial charge < -0.3 is 10.2 Å². The molecule has 1 N–H and O–H groups in total. The zero-order valence-electron chi connectivity index (χ0n) is 21.1. The number of sulfonamides is 1. The van der Waals surface area contributed by atoms with Crippen LogP contribution >= 0.6 is 0 Å². The van der Waals surface area contributed by atoms with E-state index in [-0.39, 0.29) is 23.4 Å². The fourth-order valence-corrected chi connectivity index (χ4v) is 5.16. The van der Waals surface area contributed by atoms with Gasteiger partial charge in [-0.05, 0) is 57.5 Å². The highest BCUT2D eigenvalue weighted by Gasteiger charge is 2.32. The molecule has 0 unspecified atom stereocenters. The topological polar surface area (TPSA) is 86.8 Å². The second-order valence-corrected chi connectivity index (χ2v) is 10.9. The second-order valence-electron chi connectivity index (χ2n) is 9.01. The van der Waals surface area contributed by atoms with Crippen LogP contribution in [0.4, 0.5) is 5.69 Å². The van der Waals surface area contributed by atoms with Gasteiger partial charge >= 0.3 is 0 Å². The van der Waals surface area contributed by atoms with E-state index in [0.29, 0.717) is 5.69 Å². The largest absolute Gasteiger partial charge is 0.352 e. The Kier molecular flexibility index (Phi) is 8.88. The summed E-state index contributed by atoms with van der Waals surface area (Å²) in [6, 6.07) is 23.4. The Morgan fingerprint density at radius 2 is 1.39 bits per heavy atom. The Bertz CT molecular complexity index is 1260. The van der Waals surface area contributed by atoms with E-state index in [0.717, 1.165) is 15.4 Å². The Labute approximate surface area is 213 Å². The molecule has 36 heavy (non-hydrogen) atoms. The molecular weight excluding hydrogens is 474 g/mol. The maximum atomic E-state index is 13.7. The molecule has 0 aliphatic carbocycles. The van der Waals surface area contributed by atoms with Crippen molar-refractivity contribution in [3.05, 3.63) is 96.1 Å². The number of nitrogens with zero attached hydrogens (tertiary/aromatic N) is 2. The van der Waals surface area contributed by atoms with E-state index in [9.17, 15) is 18.0 Å². The van der Waals surface area contributed by atoms with Gasteiger partial charge in [0.1, 0.15) is 12.6 Å². The molecule has 0 fully saturated rings.